The maximum Gasteiger partial charge on any atom is 0.339 e. The van der Waals surface area contributed by atoms with Gasteiger partial charge in [-0.05, 0) is 39.3 Å². The lowest BCUT2D eigenvalue weighted by Gasteiger charge is -2.21. The van der Waals surface area contributed by atoms with E-state index in [1.807, 2.05) is 39.8 Å². The van der Waals surface area contributed by atoms with E-state index in [0.717, 1.165) is 11.1 Å². The Kier molecular flexibility index (Phi) is 4.95. The van der Waals surface area contributed by atoms with Crippen molar-refractivity contribution < 1.29 is 14.3 Å². The van der Waals surface area contributed by atoms with Crippen LogP contribution in [0, 0.1) is 6.92 Å². The maximum absolute atomic E-state index is 12.5. The fourth-order valence-electron chi connectivity index (χ4n) is 2.24. The average Bonchev–Trinajstić information content (AvgIpc) is 2.45. The van der Waals surface area contributed by atoms with Crippen LogP contribution in [0.4, 0.5) is 0 Å². The van der Waals surface area contributed by atoms with Crippen LogP contribution in [-0.4, -0.2) is 23.7 Å². The van der Waals surface area contributed by atoms with Crippen molar-refractivity contribution in [3.05, 3.63) is 46.6 Å². The molecule has 0 aliphatic carbocycles. The molecule has 5 heteroatoms. The molecule has 0 unspecified atom stereocenters. The number of aromatic nitrogens is 1. The SMILES string of the molecule is COc1cc(Cl)c(-c2c(C)cccc2C(=O)OC(C)(C)C)cn1. The number of hydrogen-bond acceptors (Lipinski definition) is 4. The van der Waals surface area contributed by atoms with E-state index in [2.05, 4.69) is 4.98 Å². The summed E-state index contributed by atoms with van der Waals surface area (Å²) in [7, 11) is 1.53. The van der Waals surface area contributed by atoms with Crippen LogP contribution in [0.5, 0.6) is 5.88 Å². The fraction of sp³-hybridized carbons (Fsp3) is 0.333. The number of hydrogen-bond donors (Lipinski definition) is 0. The minimum atomic E-state index is -0.569. The quantitative estimate of drug-likeness (QED) is 0.765. The molecule has 0 atom stereocenters. The van der Waals surface area contributed by atoms with Crippen LogP contribution in [0.25, 0.3) is 11.1 Å². The number of carbonyl (C=O) groups excluding carboxylic acids is 1. The number of nitrogens with zero attached hydrogens (tertiary/aromatic N) is 1. The van der Waals surface area contributed by atoms with Gasteiger partial charge in [0.15, 0.2) is 0 Å². The van der Waals surface area contributed by atoms with E-state index < -0.39 is 5.60 Å². The number of esters is 1. The third-order valence-electron chi connectivity index (χ3n) is 3.20. The van der Waals surface area contributed by atoms with E-state index in [9.17, 15) is 4.79 Å². The second-order valence-corrected chi connectivity index (χ2v) is 6.61. The van der Waals surface area contributed by atoms with Gasteiger partial charge in [-0.25, -0.2) is 9.78 Å². The van der Waals surface area contributed by atoms with Crippen molar-refractivity contribution in [3.8, 4) is 17.0 Å². The van der Waals surface area contributed by atoms with Crippen molar-refractivity contribution in [2.45, 2.75) is 33.3 Å². The molecule has 0 N–H and O–H groups in total. The number of benzene rings is 1. The molecule has 2 rings (SSSR count). The lowest BCUT2D eigenvalue weighted by molar-refractivity contribution is 0.00704. The predicted molar refractivity (Wildman–Crippen MR) is 91.1 cm³/mol. The summed E-state index contributed by atoms with van der Waals surface area (Å²) in [6.45, 7) is 7.43. The van der Waals surface area contributed by atoms with Crippen LogP contribution < -0.4 is 4.74 Å². The molecule has 1 aromatic heterocycles. The standard InChI is InChI=1S/C18H20ClNO3/c1-11-7-6-8-12(17(21)23-18(2,3)4)16(11)13-10-20-15(22-5)9-14(13)19/h6-10H,1-5H3. The van der Waals surface area contributed by atoms with E-state index >= 15 is 0 Å². The normalized spacial score (nSPS) is 11.2. The Labute approximate surface area is 141 Å². The van der Waals surface area contributed by atoms with Crippen LogP contribution in [0.15, 0.2) is 30.5 Å². The smallest absolute Gasteiger partial charge is 0.339 e. The zero-order valence-corrected chi connectivity index (χ0v) is 14.7. The second-order valence-electron chi connectivity index (χ2n) is 6.21. The summed E-state index contributed by atoms with van der Waals surface area (Å²) in [5.74, 6) is 0.0363. The number of aryl methyl sites for hydroxylation is 1. The Morgan fingerprint density at radius 3 is 2.52 bits per heavy atom. The summed E-state index contributed by atoms with van der Waals surface area (Å²) in [4.78, 5) is 16.7. The maximum atomic E-state index is 12.5. The van der Waals surface area contributed by atoms with E-state index in [-0.39, 0.29) is 5.97 Å². The number of ether oxygens (including phenoxy) is 2. The highest BCUT2D eigenvalue weighted by molar-refractivity contribution is 6.33. The zero-order chi connectivity index (χ0) is 17.2. The number of pyridine rings is 1. The fourth-order valence-corrected chi connectivity index (χ4v) is 2.47. The van der Waals surface area contributed by atoms with E-state index in [1.165, 1.54) is 7.11 Å². The van der Waals surface area contributed by atoms with Crippen molar-refractivity contribution in [3.63, 3.8) is 0 Å². The molecule has 1 aromatic carbocycles. The number of rotatable bonds is 3. The second kappa shape index (κ2) is 6.59. The minimum absolute atomic E-state index is 0.386. The molecule has 1 heterocycles. The van der Waals surface area contributed by atoms with Gasteiger partial charge in [0, 0.05) is 23.4 Å². The highest BCUT2D eigenvalue weighted by Crippen LogP contribution is 2.35. The van der Waals surface area contributed by atoms with Gasteiger partial charge < -0.3 is 9.47 Å². The number of methoxy groups -OCH3 is 1. The molecule has 4 nitrogen and oxygen atoms in total. The molecule has 0 aliphatic rings. The largest absolute Gasteiger partial charge is 0.481 e. The van der Waals surface area contributed by atoms with Gasteiger partial charge in [0.25, 0.3) is 0 Å². The lowest BCUT2D eigenvalue weighted by atomic mass is 9.96. The first-order chi connectivity index (χ1) is 10.7. The number of carbonyl (C=O) groups is 1. The van der Waals surface area contributed by atoms with Crippen molar-refractivity contribution in [1.82, 2.24) is 4.98 Å². The van der Waals surface area contributed by atoms with Gasteiger partial charge in [-0.15, -0.1) is 0 Å². The van der Waals surface area contributed by atoms with E-state index in [1.54, 1.807) is 18.3 Å². The topological polar surface area (TPSA) is 48.4 Å². The summed E-state index contributed by atoms with van der Waals surface area (Å²) in [6.07, 6.45) is 1.61. The molecule has 2 aromatic rings. The van der Waals surface area contributed by atoms with Gasteiger partial charge in [0.05, 0.1) is 17.7 Å². The van der Waals surface area contributed by atoms with Crippen LogP contribution in [0.3, 0.4) is 0 Å². The molecule has 122 valence electrons. The molecule has 0 amide bonds. The summed E-state index contributed by atoms with van der Waals surface area (Å²) in [6, 6.07) is 7.10. The van der Waals surface area contributed by atoms with Crippen LogP contribution >= 0.6 is 11.6 Å². The lowest BCUT2D eigenvalue weighted by Crippen LogP contribution is -2.24. The molecule has 0 bridgehead atoms. The molecule has 0 radical (unpaired) electrons. The first-order valence-corrected chi connectivity index (χ1v) is 7.63. The van der Waals surface area contributed by atoms with Gasteiger partial charge in [-0.1, -0.05) is 23.7 Å². The highest BCUT2D eigenvalue weighted by Gasteiger charge is 2.23. The molecule has 0 saturated heterocycles. The Hall–Kier alpha value is -2.07. The molecule has 0 fully saturated rings. The van der Waals surface area contributed by atoms with Gasteiger partial charge in [0.2, 0.25) is 5.88 Å². The summed E-state index contributed by atoms with van der Waals surface area (Å²) in [5.41, 5.74) is 2.21. The van der Waals surface area contributed by atoms with Crippen molar-refractivity contribution in [2.24, 2.45) is 0 Å². The molecule has 0 spiro atoms. The van der Waals surface area contributed by atoms with Crippen molar-refractivity contribution >= 4 is 17.6 Å². The third kappa shape index (κ3) is 4.02. The van der Waals surface area contributed by atoms with Crippen LogP contribution in [0.2, 0.25) is 5.02 Å². The molecule has 23 heavy (non-hydrogen) atoms. The van der Waals surface area contributed by atoms with Crippen LogP contribution in [-0.2, 0) is 4.74 Å². The monoisotopic (exact) mass is 333 g/mol. The van der Waals surface area contributed by atoms with Crippen molar-refractivity contribution in [1.29, 1.82) is 0 Å². The van der Waals surface area contributed by atoms with Gasteiger partial charge in [-0.3, -0.25) is 0 Å². The van der Waals surface area contributed by atoms with Crippen LogP contribution in [0.1, 0.15) is 36.7 Å². The Balaban J connectivity index is 2.57. The first kappa shape index (κ1) is 17.3. The molecule has 0 saturated carbocycles. The van der Waals surface area contributed by atoms with Gasteiger partial charge in [0.1, 0.15) is 5.60 Å². The minimum Gasteiger partial charge on any atom is -0.481 e. The van der Waals surface area contributed by atoms with E-state index in [4.69, 9.17) is 21.1 Å². The zero-order valence-electron chi connectivity index (χ0n) is 13.9. The summed E-state index contributed by atoms with van der Waals surface area (Å²) < 4.78 is 10.6. The van der Waals surface area contributed by atoms with Gasteiger partial charge >= 0.3 is 5.97 Å². The third-order valence-corrected chi connectivity index (χ3v) is 3.51. The Morgan fingerprint density at radius 1 is 1.26 bits per heavy atom. The Bertz CT molecular complexity index is 736. The first-order valence-electron chi connectivity index (χ1n) is 7.26. The Morgan fingerprint density at radius 2 is 1.96 bits per heavy atom. The van der Waals surface area contributed by atoms with Crippen molar-refractivity contribution in [2.75, 3.05) is 7.11 Å². The van der Waals surface area contributed by atoms with Gasteiger partial charge in [-0.2, -0.15) is 0 Å². The summed E-state index contributed by atoms with van der Waals surface area (Å²) >= 11 is 6.35. The highest BCUT2D eigenvalue weighted by atomic mass is 35.5. The summed E-state index contributed by atoms with van der Waals surface area (Å²) in [5, 5.41) is 0.468. The molecular formula is C18H20ClNO3. The van der Waals surface area contributed by atoms with E-state index in [0.29, 0.717) is 22.0 Å². The predicted octanol–water partition coefficient (Wildman–Crippen LogP) is 4.67. The number of halogens is 1. The average molecular weight is 334 g/mol. The molecular weight excluding hydrogens is 314 g/mol. The molecule has 0 aliphatic heterocycles.